The number of amides is 1. The van der Waals surface area contributed by atoms with Crippen LogP contribution in [-0.4, -0.2) is 74.8 Å². The summed E-state index contributed by atoms with van der Waals surface area (Å²) < 4.78 is 11.6. The van der Waals surface area contributed by atoms with E-state index < -0.39 is 6.09 Å². The van der Waals surface area contributed by atoms with Gasteiger partial charge in [0.1, 0.15) is 11.5 Å². The summed E-state index contributed by atoms with van der Waals surface area (Å²) in [7, 11) is 1.58. The largest absolute Gasteiger partial charge is 0.496 e. The number of carbonyl (C=O) groups excluding carboxylic acids is 1. The lowest BCUT2D eigenvalue weighted by Gasteiger charge is -2.38. The van der Waals surface area contributed by atoms with Gasteiger partial charge in [-0.1, -0.05) is 0 Å². The van der Waals surface area contributed by atoms with Crippen LogP contribution < -0.4 is 9.47 Å². The van der Waals surface area contributed by atoms with Crippen molar-refractivity contribution in [3.8, 4) is 11.5 Å². The van der Waals surface area contributed by atoms with Gasteiger partial charge in [0.2, 0.25) is 5.78 Å². The number of carboxylic acid groups (broad SMARTS) is 1. The highest BCUT2D eigenvalue weighted by Gasteiger charge is 2.34. The SMILES string of the molecule is COc1ccc2c(c1CN1CCN(C(=O)O)[C@@H](C)C1)O/C(=C\c1n[nH]c3ncccc13)C2=O. The van der Waals surface area contributed by atoms with Gasteiger partial charge in [0.25, 0.3) is 0 Å². The molecule has 2 N–H and O–H groups in total. The number of rotatable bonds is 4. The molecule has 10 nitrogen and oxygen atoms in total. The van der Waals surface area contributed by atoms with E-state index in [1.807, 2.05) is 13.0 Å². The zero-order valence-electron chi connectivity index (χ0n) is 18.2. The molecule has 10 heteroatoms. The summed E-state index contributed by atoms with van der Waals surface area (Å²) in [5.41, 5.74) is 2.43. The molecule has 1 fully saturated rings. The van der Waals surface area contributed by atoms with Crippen LogP contribution in [0.3, 0.4) is 0 Å². The highest BCUT2D eigenvalue weighted by molar-refractivity contribution is 6.15. The molecule has 0 bridgehead atoms. The molecule has 2 aliphatic heterocycles. The zero-order valence-corrected chi connectivity index (χ0v) is 18.2. The summed E-state index contributed by atoms with van der Waals surface area (Å²) >= 11 is 0. The van der Waals surface area contributed by atoms with Gasteiger partial charge in [-0.2, -0.15) is 5.10 Å². The topological polar surface area (TPSA) is 121 Å². The van der Waals surface area contributed by atoms with Crippen molar-refractivity contribution in [1.29, 1.82) is 0 Å². The third-order valence-electron chi connectivity index (χ3n) is 6.09. The number of ether oxygens (including phenoxy) is 2. The van der Waals surface area contributed by atoms with E-state index in [4.69, 9.17) is 9.47 Å². The van der Waals surface area contributed by atoms with E-state index in [1.165, 1.54) is 4.90 Å². The normalized spacial score (nSPS) is 19.7. The molecule has 1 saturated heterocycles. The molecule has 5 rings (SSSR count). The van der Waals surface area contributed by atoms with E-state index in [0.29, 0.717) is 54.6 Å². The van der Waals surface area contributed by atoms with Crippen LogP contribution in [0.15, 0.2) is 36.2 Å². The Hall–Kier alpha value is -3.92. The second kappa shape index (κ2) is 8.21. The fourth-order valence-electron chi connectivity index (χ4n) is 4.42. The number of aromatic amines is 1. The van der Waals surface area contributed by atoms with Gasteiger partial charge < -0.3 is 19.5 Å². The number of fused-ring (bicyclic) bond motifs is 2. The first-order valence-electron chi connectivity index (χ1n) is 10.6. The smallest absolute Gasteiger partial charge is 0.407 e. The van der Waals surface area contributed by atoms with Crippen LogP contribution in [0.1, 0.15) is 28.5 Å². The summed E-state index contributed by atoms with van der Waals surface area (Å²) in [5.74, 6) is 1.04. The van der Waals surface area contributed by atoms with Gasteiger partial charge in [0.15, 0.2) is 11.4 Å². The number of benzene rings is 1. The Morgan fingerprint density at radius 2 is 2.21 bits per heavy atom. The fraction of sp³-hybridized carbons (Fsp3) is 0.304. The van der Waals surface area contributed by atoms with Crippen LogP contribution in [0.5, 0.6) is 11.5 Å². The average molecular weight is 449 g/mol. The molecule has 1 aromatic carbocycles. The molecular formula is C23H23N5O5. The summed E-state index contributed by atoms with van der Waals surface area (Å²) in [6.45, 7) is 3.92. The van der Waals surface area contributed by atoms with Gasteiger partial charge in [-0.15, -0.1) is 0 Å². The van der Waals surface area contributed by atoms with Crippen molar-refractivity contribution < 1.29 is 24.2 Å². The number of pyridine rings is 1. The third-order valence-corrected chi connectivity index (χ3v) is 6.09. The quantitative estimate of drug-likeness (QED) is 0.584. The van der Waals surface area contributed by atoms with Crippen molar-refractivity contribution in [1.82, 2.24) is 25.0 Å². The summed E-state index contributed by atoms with van der Waals surface area (Å²) in [6.07, 6.45) is 2.37. The number of nitrogens with one attached hydrogen (secondary N) is 1. The van der Waals surface area contributed by atoms with Crippen molar-refractivity contribution in [2.24, 2.45) is 0 Å². The van der Waals surface area contributed by atoms with E-state index in [-0.39, 0.29) is 17.6 Å². The number of hydrogen-bond acceptors (Lipinski definition) is 7. The Balaban J connectivity index is 1.45. The minimum absolute atomic E-state index is 0.140. The van der Waals surface area contributed by atoms with Gasteiger partial charge in [-0.25, -0.2) is 9.78 Å². The Bertz CT molecular complexity index is 1280. The molecule has 0 radical (unpaired) electrons. The Morgan fingerprint density at radius 1 is 1.36 bits per heavy atom. The number of allylic oxidation sites excluding steroid dienone is 1. The molecule has 170 valence electrons. The average Bonchev–Trinajstić information content (AvgIpc) is 3.35. The van der Waals surface area contributed by atoms with E-state index >= 15 is 0 Å². The second-order valence-electron chi connectivity index (χ2n) is 8.13. The maximum atomic E-state index is 13.1. The molecule has 0 spiro atoms. The monoisotopic (exact) mass is 449 g/mol. The number of aromatic nitrogens is 3. The molecule has 2 aromatic heterocycles. The summed E-state index contributed by atoms with van der Waals surface area (Å²) in [6, 6.07) is 7.01. The lowest BCUT2D eigenvalue weighted by Crippen LogP contribution is -2.53. The van der Waals surface area contributed by atoms with Crippen molar-refractivity contribution >= 4 is 29.0 Å². The predicted molar refractivity (Wildman–Crippen MR) is 119 cm³/mol. The fourth-order valence-corrected chi connectivity index (χ4v) is 4.42. The van der Waals surface area contributed by atoms with Crippen LogP contribution in [0.2, 0.25) is 0 Å². The number of nitrogens with zero attached hydrogens (tertiary/aromatic N) is 4. The van der Waals surface area contributed by atoms with Crippen molar-refractivity contribution in [2.45, 2.75) is 19.5 Å². The van der Waals surface area contributed by atoms with Gasteiger partial charge in [-0.05, 0) is 31.2 Å². The first kappa shape index (κ1) is 21.0. The van der Waals surface area contributed by atoms with Crippen molar-refractivity contribution in [2.75, 3.05) is 26.7 Å². The number of H-pyrrole nitrogens is 1. The molecule has 0 saturated carbocycles. The van der Waals surface area contributed by atoms with Gasteiger partial charge >= 0.3 is 6.09 Å². The number of methoxy groups -OCH3 is 1. The van der Waals surface area contributed by atoms with E-state index in [2.05, 4.69) is 20.1 Å². The van der Waals surface area contributed by atoms with E-state index in [9.17, 15) is 14.7 Å². The summed E-state index contributed by atoms with van der Waals surface area (Å²) in [5, 5.41) is 17.2. The van der Waals surface area contributed by atoms with Gasteiger partial charge in [-0.3, -0.25) is 14.8 Å². The third kappa shape index (κ3) is 3.68. The minimum atomic E-state index is -0.912. The van der Waals surface area contributed by atoms with E-state index in [0.717, 1.165) is 10.9 Å². The molecule has 0 unspecified atom stereocenters. The van der Waals surface area contributed by atoms with Crippen LogP contribution in [0, 0.1) is 0 Å². The number of carbonyl (C=O) groups is 2. The van der Waals surface area contributed by atoms with Crippen molar-refractivity contribution in [3.05, 3.63) is 53.0 Å². The lowest BCUT2D eigenvalue weighted by molar-refractivity contribution is 0.0705. The molecule has 0 aliphatic carbocycles. The van der Waals surface area contributed by atoms with Gasteiger partial charge in [0.05, 0.1) is 23.9 Å². The van der Waals surface area contributed by atoms with Crippen LogP contribution in [-0.2, 0) is 6.54 Å². The molecule has 3 aromatic rings. The molecule has 1 atom stereocenters. The van der Waals surface area contributed by atoms with Crippen LogP contribution >= 0.6 is 0 Å². The maximum absolute atomic E-state index is 13.1. The summed E-state index contributed by atoms with van der Waals surface area (Å²) in [4.78, 5) is 32.3. The van der Waals surface area contributed by atoms with Gasteiger partial charge in [0, 0.05) is 49.9 Å². The first-order chi connectivity index (χ1) is 16.0. The Labute approximate surface area is 189 Å². The van der Waals surface area contributed by atoms with E-state index in [1.54, 1.807) is 37.6 Å². The minimum Gasteiger partial charge on any atom is -0.496 e. The Morgan fingerprint density at radius 3 is 2.97 bits per heavy atom. The van der Waals surface area contributed by atoms with Crippen molar-refractivity contribution in [3.63, 3.8) is 0 Å². The maximum Gasteiger partial charge on any atom is 0.407 e. The van der Waals surface area contributed by atoms with Crippen LogP contribution in [0.4, 0.5) is 4.79 Å². The molecule has 1 amide bonds. The molecule has 2 aliphatic rings. The molecule has 33 heavy (non-hydrogen) atoms. The predicted octanol–water partition coefficient (Wildman–Crippen LogP) is 2.77. The number of ketones is 1. The zero-order chi connectivity index (χ0) is 23.1. The lowest BCUT2D eigenvalue weighted by atomic mass is 10.0. The number of piperazine rings is 1. The second-order valence-corrected chi connectivity index (χ2v) is 8.13. The molecular weight excluding hydrogens is 426 g/mol. The number of Topliss-reactive ketones (excluding diaryl/α,β-unsaturated/α-hetero) is 1. The highest BCUT2D eigenvalue weighted by atomic mass is 16.5. The number of hydrogen-bond donors (Lipinski definition) is 2. The highest BCUT2D eigenvalue weighted by Crippen LogP contribution is 2.41. The van der Waals surface area contributed by atoms with Crippen LogP contribution in [0.25, 0.3) is 17.1 Å². The standard InChI is InChI=1S/C23H23N5O5/c1-13-11-27(8-9-28(13)23(30)31)12-16-18(32-2)6-5-15-20(29)19(33-21(15)16)10-17-14-4-3-7-24-22(14)26-25-17/h3-7,10,13H,8-9,11-12H2,1-2H3,(H,30,31)(H,24,25,26)/b19-10-/t13-/m0/s1. The molecule has 4 heterocycles. The first-order valence-corrected chi connectivity index (χ1v) is 10.6. The Kier molecular flexibility index (Phi) is 5.21.